The molecule has 0 fully saturated rings. The predicted molar refractivity (Wildman–Crippen MR) is 121 cm³/mol. The maximum absolute atomic E-state index is 13.2. The fourth-order valence-corrected chi connectivity index (χ4v) is 3.37. The number of fused-ring (bicyclic) bond motifs is 1. The average Bonchev–Trinajstić information content (AvgIpc) is 3.18. The second-order valence-corrected chi connectivity index (χ2v) is 8.09. The molecule has 2 aromatic heterocycles. The molecule has 5 nitrogen and oxygen atoms in total. The number of hydrogen-bond donors (Lipinski definition) is 1. The van der Waals surface area contributed by atoms with E-state index in [1.54, 1.807) is 10.6 Å². The van der Waals surface area contributed by atoms with Crippen molar-refractivity contribution in [3.05, 3.63) is 77.4 Å². The van der Waals surface area contributed by atoms with E-state index in [9.17, 15) is 4.79 Å². The highest BCUT2D eigenvalue weighted by atomic mass is 35.5. The minimum Gasteiger partial charge on any atom is -0.348 e. The lowest BCUT2D eigenvalue weighted by atomic mass is 10.1. The van der Waals surface area contributed by atoms with Crippen LogP contribution in [0.2, 0.25) is 5.02 Å². The fourth-order valence-electron chi connectivity index (χ4n) is 3.14. The molecule has 1 atom stereocenters. The summed E-state index contributed by atoms with van der Waals surface area (Å²) in [6.07, 6.45) is 0. The standard InChI is InChI=1S/C24H23ClN4O/c1-15(2)16(3)26-24(30)22-13-21(18-11-7-8-12-19(18)25)27-23-14-20(28-29(22)23)17-9-5-4-6-10-17/h4-16H,1-3H3,(H,26,30). The molecule has 4 rings (SSSR count). The molecule has 4 aromatic rings. The number of halogens is 1. The maximum atomic E-state index is 13.2. The van der Waals surface area contributed by atoms with Crippen LogP contribution in [0.5, 0.6) is 0 Å². The molecule has 0 aliphatic heterocycles. The van der Waals surface area contributed by atoms with E-state index in [0.29, 0.717) is 28.0 Å². The van der Waals surface area contributed by atoms with Gasteiger partial charge in [0.2, 0.25) is 0 Å². The third-order valence-electron chi connectivity index (χ3n) is 5.24. The summed E-state index contributed by atoms with van der Waals surface area (Å²) < 4.78 is 1.60. The molecule has 0 saturated heterocycles. The Hall–Kier alpha value is -3.18. The van der Waals surface area contributed by atoms with Gasteiger partial charge in [0.1, 0.15) is 5.69 Å². The molecule has 1 N–H and O–H groups in total. The van der Waals surface area contributed by atoms with Crippen LogP contribution in [0.15, 0.2) is 66.7 Å². The van der Waals surface area contributed by atoms with Crippen LogP contribution in [0.3, 0.4) is 0 Å². The summed E-state index contributed by atoms with van der Waals surface area (Å²) in [5, 5.41) is 8.33. The van der Waals surface area contributed by atoms with Gasteiger partial charge in [0, 0.05) is 28.3 Å². The van der Waals surface area contributed by atoms with Crippen molar-refractivity contribution in [3.63, 3.8) is 0 Å². The molecule has 1 unspecified atom stereocenters. The third kappa shape index (κ3) is 3.94. The van der Waals surface area contributed by atoms with Crippen LogP contribution < -0.4 is 5.32 Å². The van der Waals surface area contributed by atoms with Crippen molar-refractivity contribution in [3.8, 4) is 22.5 Å². The average molecular weight is 419 g/mol. The zero-order chi connectivity index (χ0) is 21.3. The Morgan fingerprint density at radius 3 is 2.37 bits per heavy atom. The zero-order valence-electron chi connectivity index (χ0n) is 17.1. The number of hydrogen-bond acceptors (Lipinski definition) is 3. The van der Waals surface area contributed by atoms with Crippen LogP contribution in [-0.4, -0.2) is 26.5 Å². The molecular weight excluding hydrogens is 396 g/mol. The van der Waals surface area contributed by atoms with Crippen LogP contribution >= 0.6 is 11.6 Å². The van der Waals surface area contributed by atoms with E-state index in [1.165, 1.54) is 0 Å². The monoisotopic (exact) mass is 418 g/mol. The molecule has 0 spiro atoms. The molecule has 0 aliphatic carbocycles. The van der Waals surface area contributed by atoms with Gasteiger partial charge in [-0.15, -0.1) is 0 Å². The number of benzene rings is 2. The molecule has 1 amide bonds. The van der Waals surface area contributed by atoms with Crippen LogP contribution in [-0.2, 0) is 0 Å². The van der Waals surface area contributed by atoms with Crippen molar-refractivity contribution in [2.45, 2.75) is 26.8 Å². The van der Waals surface area contributed by atoms with Crippen LogP contribution in [0.4, 0.5) is 0 Å². The van der Waals surface area contributed by atoms with Gasteiger partial charge in [0.25, 0.3) is 5.91 Å². The van der Waals surface area contributed by atoms with Gasteiger partial charge in [-0.1, -0.05) is 74.0 Å². The van der Waals surface area contributed by atoms with Crippen LogP contribution in [0.1, 0.15) is 31.3 Å². The second kappa shape index (κ2) is 8.28. The Bertz CT molecular complexity index is 1200. The van der Waals surface area contributed by atoms with Gasteiger partial charge >= 0.3 is 0 Å². The van der Waals surface area contributed by atoms with E-state index >= 15 is 0 Å². The molecule has 152 valence electrons. The van der Waals surface area contributed by atoms with E-state index in [2.05, 4.69) is 24.3 Å². The van der Waals surface area contributed by atoms with Gasteiger partial charge in [-0.25, -0.2) is 9.50 Å². The lowest BCUT2D eigenvalue weighted by Gasteiger charge is -2.18. The number of nitrogens with one attached hydrogen (secondary N) is 1. The van der Waals surface area contributed by atoms with E-state index in [-0.39, 0.29) is 11.9 Å². The molecule has 6 heteroatoms. The lowest BCUT2D eigenvalue weighted by Crippen LogP contribution is -2.37. The van der Waals surface area contributed by atoms with E-state index in [0.717, 1.165) is 16.8 Å². The summed E-state index contributed by atoms with van der Waals surface area (Å²) in [5.74, 6) is 0.117. The SMILES string of the molecule is CC(C)C(C)NC(=O)c1cc(-c2ccccc2Cl)nc2cc(-c3ccccc3)nn12. The number of nitrogens with zero attached hydrogens (tertiary/aromatic N) is 3. The maximum Gasteiger partial charge on any atom is 0.270 e. The van der Waals surface area contributed by atoms with Crippen molar-refractivity contribution in [1.82, 2.24) is 19.9 Å². The number of aromatic nitrogens is 3. The summed E-state index contributed by atoms with van der Waals surface area (Å²) in [4.78, 5) is 17.9. The summed E-state index contributed by atoms with van der Waals surface area (Å²) in [6.45, 7) is 6.14. The largest absolute Gasteiger partial charge is 0.348 e. The molecule has 30 heavy (non-hydrogen) atoms. The van der Waals surface area contributed by atoms with Crippen LogP contribution in [0, 0.1) is 5.92 Å². The minimum atomic E-state index is -0.195. The van der Waals surface area contributed by atoms with Crippen molar-refractivity contribution in [2.75, 3.05) is 0 Å². The normalized spacial score (nSPS) is 12.3. The molecule has 2 heterocycles. The first-order valence-corrected chi connectivity index (χ1v) is 10.3. The molecular formula is C24H23ClN4O. The Kier molecular flexibility index (Phi) is 5.55. The number of carbonyl (C=O) groups is 1. The quantitative estimate of drug-likeness (QED) is 0.466. The predicted octanol–water partition coefficient (Wildman–Crippen LogP) is 5.49. The highest BCUT2D eigenvalue weighted by Gasteiger charge is 2.20. The fraction of sp³-hybridized carbons (Fsp3) is 0.208. The van der Waals surface area contributed by atoms with Crippen molar-refractivity contribution >= 4 is 23.2 Å². The van der Waals surface area contributed by atoms with Gasteiger partial charge in [-0.2, -0.15) is 5.10 Å². The molecule has 0 aliphatic rings. The van der Waals surface area contributed by atoms with Gasteiger partial charge in [-0.3, -0.25) is 4.79 Å². The van der Waals surface area contributed by atoms with E-state index in [4.69, 9.17) is 16.6 Å². The van der Waals surface area contributed by atoms with Gasteiger partial charge < -0.3 is 5.32 Å². The first-order chi connectivity index (χ1) is 14.4. The molecule has 0 radical (unpaired) electrons. The van der Waals surface area contributed by atoms with E-state index < -0.39 is 0 Å². The van der Waals surface area contributed by atoms with Crippen LogP contribution in [0.25, 0.3) is 28.2 Å². The second-order valence-electron chi connectivity index (χ2n) is 7.68. The Labute approximate surface area is 180 Å². The topological polar surface area (TPSA) is 59.3 Å². The summed E-state index contributed by atoms with van der Waals surface area (Å²) >= 11 is 6.41. The number of amides is 1. The van der Waals surface area contributed by atoms with Crippen molar-refractivity contribution < 1.29 is 4.79 Å². The summed E-state index contributed by atoms with van der Waals surface area (Å²) in [5.41, 5.74) is 4.14. The zero-order valence-corrected chi connectivity index (χ0v) is 17.9. The van der Waals surface area contributed by atoms with Gasteiger partial charge in [0.15, 0.2) is 5.65 Å². The first kappa shape index (κ1) is 20.1. The van der Waals surface area contributed by atoms with Gasteiger partial charge in [0.05, 0.1) is 11.4 Å². The Morgan fingerprint density at radius 1 is 0.967 bits per heavy atom. The highest BCUT2D eigenvalue weighted by molar-refractivity contribution is 6.33. The Morgan fingerprint density at radius 2 is 1.67 bits per heavy atom. The van der Waals surface area contributed by atoms with E-state index in [1.807, 2.05) is 67.6 Å². The first-order valence-electron chi connectivity index (χ1n) is 9.96. The Balaban J connectivity index is 1.89. The summed E-state index contributed by atoms with van der Waals surface area (Å²) in [7, 11) is 0. The summed E-state index contributed by atoms with van der Waals surface area (Å²) in [6, 6.07) is 21.0. The van der Waals surface area contributed by atoms with Crippen molar-refractivity contribution in [2.24, 2.45) is 5.92 Å². The third-order valence-corrected chi connectivity index (χ3v) is 5.57. The highest BCUT2D eigenvalue weighted by Crippen LogP contribution is 2.28. The lowest BCUT2D eigenvalue weighted by molar-refractivity contribution is 0.0923. The number of rotatable bonds is 5. The molecule has 0 saturated carbocycles. The minimum absolute atomic E-state index is 0.0219. The molecule has 2 aromatic carbocycles. The smallest absolute Gasteiger partial charge is 0.270 e. The van der Waals surface area contributed by atoms with Gasteiger partial charge in [-0.05, 0) is 25.0 Å². The van der Waals surface area contributed by atoms with Crippen molar-refractivity contribution in [1.29, 1.82) is 0 Å². The number of carbonyl (C=O) groups excluding carboxylic acids is 1. The molecule has 0 bridgehead atoms.